The Labute approximate surface area is 218 Å². The molecule has 0 saturated heterocycles. The van der Waals surface area contributed by atoms with Crippen LogP contribution in [0.15, 0.2) is 22.4 Å². The van der Waals surface area contributed by atoms with Crippen molar-refractivity contribution in [3.05, 3.63) is 40.1 Å². The second-order valence-corrected chi connectivity index (χ2v) is 10.7. The first-order valence-electron chi connectivity index (χ1n) is 11.9. The van der Waals surface area contributed by atoms with Crippen LogP contribution in [0.5, 0.6) is 17.2 Å². The molecule has 1 aliphatic heterocycles. The Morgan fingerprint density at radius 1 is 1.28 bits per heavy atom. The number of fused-ring (bicyclic) bond motifs is 1. The molecule has 0 radical (unpaired) electrons. The smallest absolute Gasteiger partial charge is 0.249 e. The standard InChI is InChI=1S/C25H28ClN3O6S/c1-12-9-14(27-15(7-8-36-4)24-28-23(29-35-24)13-5-6-13)10-18(30)25(12)22(31)19-16(32-2)11-17(33-3)20(26)21(19)34-25/h10-13,15,27H,5-9H2,1-4H3/t12-,15-,25+/m1/s1. The third-order valence-electron chi connectivity index (χ3n) is 6.98. The van der Waals surface area contributed by atoms with Gasteiger partial charge in [0.2, 0.25) is 23.1 Å². The number of methoxy groups -OCH3 is 2. The van der Waals surface area contributed by atoms with E-state index in [1.165, 1.54) is 26.4 Å². The zero-order valence-corrected chi connectivity index (χ0v) is 22.1. The Hall–Kier alpha value is -2.72. The molecular formula is C25H28ClN3O6S. The number of halogens is 1. The van der Waals surface area contributed by atoms with E-state index in [1.54, 1.807) is 11.8 Å². The predicted molar refractivity (Wildman–Crippen MR) is 134 cm³/mol. The van der Waals surface area contributed by atoms with Gasteiger partial charge in [0.1, 0.15) is 28.1 Å². The summed E-state index contributed by atoms with van der Waals surface area (Å²) in [4.78, 5) is 31.9. The highest BCUT2D eigenvalue weighted by Gasteiger charge is 2.60. The molecule has 11 heteroatoms. The number of aromatic nitrogens is 2. The zero-order chi connectivity index (χ0) is 25.6. The van der Waals surface area contributed by atoms with Crippen molar-refractivity contribution in [3.63, 3.8) is 0 Å². The minimum Gasteiger partial charge on any atom is -0.496 e. The number of carbonyl (C=O) groups is 2. The molecule has 1 fully saturated rings. The van der Waals surface area contributed by atoms with Crippen LogP contribution in [0, 0.1) is 5.92 Å². The topological polar surface area (TPSA) is 113 Å². The number of hydrogen-bond donors (Lipinski definition) is 1. The van der Waals surface area contributed by atoms with Crippen molar-refractivity contribution in [2.45, 2.75) is 50.2 Å². The van der Waals surface area contributed by atoms with Crippen LogP contribution in [0.2, 0.25) is 5.02 Å². The summed E-state index contributed by atoms with van der Waals surface area (Å²) < 4.78 is 22.4. The van der Waals surface area contributed by atoms with Gasteiger partial charge >= 0.3 is 0 Å². The molecule has 2 aromatic rings. The first-order valence-corrected chi connectivity index (χ1v) is 13.6. The van der Waals surface area contributed by atoms with E-state index in [-0.39, 0.29) is 28.1 Å². The highest BCUT2D eigenvalue weighted by Crippen LogP contribution is 2.53. The van der Waals surface area contributed by atoms with Crippen LogP contribution in [0.1, 0.15) is 66.6 Å². The lowest BCUT2D eigenvalue weighted by molar-refractivity contribution is -0.129. The van der Waals surface area contributed by atoms with Crippen molar-refractivity contribution in [1.29, 1.82) is 0 Å². The number of ketones is 2. The van der Waals surface area contributed by atoms with Crippen molar-refractivity contribution in [3.8, 4) is 17.2 Å². The Morgan fingerprint density at radius 2 is 2.03 bits per heavy atom. The zero-order valence-electron chi connectivity index (χ0n) is 20.6. The van der Waals surface area contributed by atoms with Gasteiger partial charge in [0.15, 0.2) is 11.6 Å². The van der Waals surface area contributed by atoms with Gasteiger partial charge in [0, 0.05) is 29.7 Å². The summed E-state index contributed by atoms with van der Waals surface area (Å²) in [5, 5.41) is 7.70. The number of ether oxygens (including phenoxy) is 3. The molecule has 5 rings (SSSR count). The minimum absolute atomic E-state index is 0.110. The number of nitrogens with zero attached hydrogens (tertiary/aromatic N) is 2. The normalized spacial score (nSPS) is 23.8. The number of nitrogens with one attached hydrogen (secondary N) is 1. The summed E-state index contributed by atoms with van der Waals surface area (Å²) in [6.07, 6.45) is 6.79. The summed E-state index contributed by atoms with van der Waals surface area (Å²) in [7, 11) is 2.90. The van der Waals surface area contributed by atoms with Crippen LogP contribution in [-0.4, -0.2) is 53.5 Å². The molecule has 0 bridgehead atoms. The number of thioether (sulfide) groups is 1. The summed E-state index contributed by atoms with van der Waals surface area (Å²) >= 11 is 8.18. The molecule has 192 valence electrons. The van der Waals surface area contributed by atoms with E-state index in [1.807, 2.05) is 13.2 Å². The van der Waals surface area contributed by atoms with E-state index in [0.29, 0.717) is 29.7 Å². The largest absolute Gasteiger partial charge is 0.496 e. The van der Waals surface area contributed by atoms with Gasteiger partial charge in [0.25, 0.3) is 0 Å². The maximum absolute atomic E-state index is 13.7. The van der Waals surface area contributed by atoms with Crippen molar-refractivity contribution in [1.82, 2.24) is 15.5 Å². The second-order valence-electron chi connectivity index (χ2n) is 9.35. The second kappa shape index (κ2) is 9.63. The Kier molecular flexibility index (Phi) is 6.67. The van der Waals surface area contributed by atoms with E-state index >= 15 is 0 Å². The molecule has 3 aliphatic rings. The van der Waals surface area contributed by atoms with E-state index < -0.39 is 23.1 Å². The van der Waals surface area contributed by atoms with E-state index in [2.05, 4.69) is 15.5 Å². The lowest BCUT2D eigenvalue weighted by Crippen LogP contribution is -2.55. The quantitative estimate of drug-likeness (QED) is 0.462. The van der Waals surface area contributed by atoms with Gasteiger partial charge in [-0.1, -0.05) is 23.7 Å². The molecule has 1 aromatic carbocycles. The molecule has 1 spiro atoms. The Balaban J connectivity index is 1.43. The highest BCUT2D eigenvalue weighted by atomic mass is 35.5. The number of rotatable bonds is 9. The summed E-state index contributed by atoms with van der Waals surface area (Å²) in [6, 6.07) is 1.28. The Morgan fingerprint density at radius 3 is 2.67 bits per heavy atom. The fourth-order valence-electron chi connectivity index (χ4n) is 4.84. The van der Waals surface area contributed by atoms with Gasteiger partial charge < -0.3 is 24.1 Å². The van der Waals surface area contributed by atoms with Crippen molar-refractivity contribution in [2.24, 2.45) is 5.92 Å². The third-order valence-corrected chi connectivity index (χ3v) is 7.98. The summed E-state index contributed by atoms with van der Waals surface area (Å²) in [5.41, 5.74) is -0.863. The van der Waals surface area contributed by atoms with Gasteiger partial charge in [0.05, 0.1) is 14.2 Å². The van der Waals surface area contributed by atoms with Crippen LogP contribution in [0.4, 0.5) is 0 Å². The fourth-order valence-corrected chi connectivity index (χ4v) is 5.58. The fraction of sp³-hybridized carbons (Fsp3) is 0.520. The van der Waals surface area contributed by atoms with Crippen LogP contribution < -0.4 is 19.5 Å². The molecule has 1 aromatic heterocycles. The van der Waals surface area contributed by atoms with Crippen LogP contribution in [-0.2, 0) is 4.79 Å². The molecule has 1 saturated carbocycles. The van der Waals surface area contributed by atoms with Crippen LogP contribution >= 0.6 is 23.4 Å². The highest BCUT2D eigenvalue weighted by molar-refractivity contribution is 7.98. The van der Waals surface area contributed by atoms with Crippen molar-refractivity contribution in [2.75, 3.05) is 26.2 Å². The summed E-state index contributed by atoms with van der Waals surface area (Å²) in [6.45, 7) is 1.82. The van der Waals surface area contributed by atoms with Crippen molar-refractivity contribution >= 4 is 34.9 Å². The van der Waals surface area contributed by atoms with Gasteiger partial charge in [-0.05, 0) is 37.7 Å². The lowest BCUT2D eigenvalue weighted by Gasteiger charge is -2.35. The van der Waals surface area contributed by atoms with E-state index in [9.17, 15) is 9.59 Å². The SMILES string of the molecule is COc1cc(OC)c2c(c1Cl)O[C@@]1(C(=O)C=C(N[C@H](CCSC)c3nc(C4CC4)no3)C[C@H]1C)C2=O. The maximum atomic E-state index is 13.7. The molecule has 2 aliphatic carbocycles. The monoisotopic (exact) mass is 533 g/mol. The first kappa shape index (κ1) is 25.0. The van der Waals surface area contributed by atoms with E-state index in [0.717, 1.165) is 30.8 Å². The Bertz CT molecular complexity index is 1240. The number of carbonyl (C=O) groups excluding carboxylic acids is 2. The molecule has 3 atom stereocenters. The van der Waals surface area contributed by atoms with Crippen LogP contribution in [0.25, 0.3) is 0 Å². The molecule has 9 nitrogen and oxygen atoms in total. The molecule has 0 amide bonds. The van der Waals surface area contributed by atoms with E-state index in [4.69, 9.17) is 30.3 Å². The van der Waals surface area contributed by atoms with Crippen LogP contribution in [0.3, 0.4) is 0 Å². The van der Waals surface area contributed by atoms with Gasteiger partial charge in [-0.25, -0.2) is 0 Å². The maximum Gasteiger partial charge on any atom is 0.249 e. The van der Waals surface area contributed by atoms with Gasteiger partial charge in [-0.15, -0.1) is 0 Å². The summed E-state index contributed by atoms with van der Waals surface area (Å²) in [5.74, 6) is 1.78. The number of benzene rings is 1. The van der Waals surface area contributed by atoms with Gasteiger partial charge in [-0.3, -0.25) is 9.59 Å². The lowest BCUT2D eigenvalue weighted by atomic mass is 9.74. The average Bonchev–Trinajstić information content (AvgIpc) is 3.51. The first-order chi connectivity index (χ1) is 17.3. The molecular weight excluding hydrogens is 506 g/mol. The minimum atomic E-state index is -1.71. The van der Waals surface area contributed by atoms with Crippen molar-refractivity contribution < 1.29 is 28.3 Å². The molecule has 36 heavy (non-hydrogen) atoms. The number of hydrogen-bond acceptors (Lipinski definition) is 10. The predicted octanol–water partition coefficient (Wildman–Crippen LogP) is 4.51. The average molecular weight is 534 g/mol. The van der Waals surface area contributed by atoms with Gasteiger partial charge in [-0.2, -0.15) is 16.7 Å². The molecule has 1 N–H and O–H groups in total. The number of allylic oxidation sites excluding steroid dienone is 1. The third kappa shape index (κ3) is 4.04. The number of Topliss-reactive ketones (excluding diaryl/α,β-unsaturated/α-hetero) is 1. The molecule has 0 unspecified atom stereocenters. The molecule has 2 heterocycles.